The van der Waals surface area contributed by atoms with Gasteiger partial charge in [0.1, 0.15) is 0 Å². The SMILES string of the molecule is CS(=O)(=O)C1=NCC(C(=O)N2CCN(c3cccc(C#N)c3)CC2)(c2ccccc2)N1. The van der Waals surface area contributed by atoms with Crippen molar-refractivity contribution in [3.63, 3.8) is 0 Å². The number of piperazine rings is 1. The first kappa shape index (κ1) is 20.9. The fourth-order valence-corrected chi connectivity index (χ4v) is 4.66. The molecule has 1 fully saturated rings. The van der Waals surface area contributed by atoms with E-state index in [0.29, 0.717) is 37.3 Å². The predicted octanol–water partition coefficient (Wildman–Crippen LogP) is 1.11. The first-order chi connectivity index (χ1) is 14.8. The molecule has 160 valence electrons. The average Bonchev–Trinajstić information content (AvgIpc) is 3.27. The van der Waals surface area contributed by atoms with Crippen molar-refractivity contribution in [2.45, 2.75) is 5.54 Å². The molecule has 1 amide bonds. The summed E-state index contributed by atoms with van der Waals surface area (Å²) in [4.78, 5) is 21.7. The molecule has 2 aromatic carbocycles. The van der Waals surface area contributed by atoms with Crippen molar-refractivity contribution in [3.8, 4) is 6.07 Å². The monoisotopic (exact) mass is 437 g/mol. The quantitative estimate of drug-likeness (QED) is 0.771. The fraction of sp³-hybridized carbons (Fsp3) is 0.318. The molecule has 0 aliphatic carbocycles. The number of rotatable bonds is 3. The lowest BCUT2D eigenvalue weighted by Gasteiger charge is -2.40. The Morgan fingerprint density at radius 3 is 2.42 bits per heavy atom. The minimum Gasteiger partial charge on any atom is -0.368 e. The van der Waals surface area contributed by atoms with Gasteiger partial charge < -0.3 is 15.1 Å². The fourth-order valence-electron chi connectivity index (χ4n) is 4.00. The first-order valence-corrected chi connectivity index (χ1v) is 11.9. The maximum atomic E-state index is 13.7. The van der Waals surface area contributed by atoms with Crippen molar-refractivity contribution < 1.29 is 13.2 Å². The first-order valence-electron chi connectivity index (χ1n) is 9.96. The number of carbonyl (C=O) groups is 1. The number of hydrogen-bond donors (Lipinski definition) is 1. The molecule has 31 heavy (non-hydrogen) atoms. The molecule has 2 aromatic rings. The third kappa shape index (κ3) is 3.99. The zero-order chi connectivity index (χ0) is 22.1. The Morgan fingerprint density at radius 1 is 1.10 bits per heavy atom. The van der Waals surface area contributed by atoms with Crippen molar-refractivity contribution in [2.75, 3.05) is 43.9 Å². The molecule has 2 aliphatic heterocycles. The third-order valence-corrected chi connectivity index (χ3v) is 6.60. The standard InChI is InChI=1S/C22H23N5O3S/c1-31(29,30)21-24-16-22(25-21,18-7-3-2-4-8-18)20(28)27-12-10-26(11-13-27)19-9-5-6-17(14-19)15-23/h2-9,14H,10-13,16H2,1H3,(H,24,25). The van der Waals surface area contributed by atoms with Crippen LogP contribution in [0.4, 0.5) is 5.69 Å². The largest absolute Gasteiger partial charge is 0.368 e. The van der Waals surface area contributed by atoms with Crippen LogP contribution in [0, 0.1) is 11.3 Å². The highest BCUT2D eigenvalue weighted by atomic mass is 32.2. The third-order valence-electron chi connectivity index (χ3n) is 5.67. The molecule has 0 radical (unpaired) electrons. The zero-order valence-corrected chi connectivity index (χ0v) is 18.0. The van der Waals surface area contributed by atoms with Crippen LogP contribution in [-0.4, -0.2) is 63.4 Å². The number of hydrogen-bond acceptors (Lipinski definition) is 7. The second kappa shape index (κ2) is 8.04. The molecular formula is C22H23N5O3S. The summed E-state index contributed by atoms with van der Waals surface area (Å²) < 4.78 is 24.1. The summed E-state index contributed by atoms with van der Waals surface area (Å²) in [5.41, 5.74) is 1.000. The number of benzene rings is 2. The Balaban J connectivity index is 1.55. The molecule has 2 heterocycles. The van der Waals surface area contributed by atoms with Gasteiger partial charge in [0.15, 0.2) is 5.54 Å². The normalized spacial score (nSPS) is 21.2. The molecular weight excluding hydrogens is 414 g/mol. The van der Waals surface area contributed by atoms with Crippen LogP contribution in [0.15, 0.2) is 59.6 Å². The molecule has 1 unspecified atom stereocenters. The molecule has 0 spiro atoms. The van der Waals surface area contributed by atoms with Gasteiger partial charge in [-0.2, -0.15) is 5.26 Å². The van der Waals surface area contributed by atoms with Gasteiger partial charge >= 0.3 is 0 Å². The molecule has 9 heteroatoms. The Kier molecular flexibility index (Phi) is 5.41. The Bertz CT molecular complexity index is 1170. The van der Waals surface area contributed by atoms with Crippen molar-refractivity contribution in [3.05, 3.63) is 65.7 Å². The van der Waals surface area contributed by atoms with Gasteiger partial charge in [0.2, 0.25) is 15.0 Å². The van der Waals surface area contributed by atoms with E-state index in [2.05, 4.69) is 21.3 Å². The smallest absolute Gasteiger partial charge is 0.255 e. The second-order valence-corrected chi connectivity index (χ2v) is 9.66. The molecule has 0 aromatic heterocycles. The lowest BCUT2D eigenvalue weighted by Crippen LogP contribution is -2.60. The van der Waals surface area contributed by atoms with Gasteiger partial charge in [-0.05, 0) is 23.8 Å². The molecule has 1 saturated heterocycles. The van der Waals surface area contributed by atoms with E-state index in [4.69, 9.17) is 5.26 Å². The van der Waals surface area contributed by atoms with Crippen LogP contribution in [0.2, 0.25) is 0 Å². The van der Waals surface area contributed by atoms with E-state index in [1.807, 2.05) is 48.5 Å². The molecule has 2 aliphatic rings. The summed E-state index contributed by atoms with van der Waals surface area (Å²) >= 11 is 0. The number of carbonyl (C=O) groups excluding carboxylic acids is 1. The summed E-state index contributed by atoms with van der Waals surface area (Å²) in [5.74, 6) is -0.188. The van der Waals surface area contributed by atoms with E-state index in [1.54, 1.807) is 11.0 Å². The lowest BCUT2D eigenvalue weighted by molar-refractivity contribution is -0.137. The van der Waals surface area contributed by atoms with Gasteiger partial charge in [-0.1, -0.05) is 36.4 Å². The zero-order valence-electron chi connectivity index (χ0n) is 17.2. The maximum Gasteiger partial charge on any atom is 0.255 e. The summed E-state index contributed by atoms with van der Waals surface area (Å²) in [6.45, 7) is 2.24. The van der Waals surface area contributed by atoms with Crippen LogP contribution in [-0.2, 0) is 20.2 Å². The number of nitrogens with one attached hydrogen (secondary N) is 1. The molecule has 8 nitrogen and oxygen atoms in total. The summed E-state index contributed by atoms with van der Waals surface area (Å²) in [5, 5.41) is 11.9. The Morgan fingerprint density at radius 2 is 1.81 bits per heavy atom. The molecule has 0 saturated carbocycles. The second-order valence-electron chi connectivity index (χ2n) is 7.73. The van der Waals surface area contributed by atoms with Gasteiger partial charge in [0.25, 0.3) is 5.91 Å². The van der Waals surface area contributed by atoms with Gasteiger partial charge in [-0.15, -0.1) is 0 Å². The van der Waals surface area contributed by atoms with Gasteiger partial charge in [-0.3, -0.25) is 9.79 Å². The van der Waals surface area contributed by atoms with Crippen molar-refractivity contribution in [1.82, 2.24) is 10.2 Å². The Hall–Kier alpha value is -3.38. The average molecular weight is 438 g/mol. The molecule has 0 bridgehead atoms. The van der Waals surface area contributed by atoms with Crippen molar-refractivity contribution in [2.24, 2.45) is 4.99 Å². The molecule has 1 N–H and O–H groups in total. The number of amidine groups is 1. The number of anilines is 1. The summed E-state index contributed by atoms with van der Waals surface area (Å²) in [7, 11) is -3.56. The van der Waals surface area contributed by atoms with Gasteiger partial charge in [0, 0.05) is 38.1 Å². The highest BCUT2D eigenvalue weighted by molar-refractivity contribution is 8.05. The summed E-state index contributed by atoms with van der Waals surface area (Å²) in [6, 6.07) is 18.7. The lowest BCUT2D eigenvalue weighted by atomic mass is 9.88. The van der Waals surface area contributed by atoms with E-state index < -0.39 is 15.4 Å². The maximum absolute atomic E-state index is 13.7. The van der Waals surface area contributed by atoms with Crippen LogP contribution in [0.25, 0.3) is 0 Å². The van der Waals surface area contributed by atoms with E-state index in [1.165, 1.54) is 0 Å². The van der Waals surface area contributed by atoms with Gasteiger partial charge in [0.05, 0.1) is 18.2 Å². The minimum absolute atomic E-state index is 0.0304. The molecule has 1 atom stereocenters. The number of sulfone groups is 1. The van der Waals surface area contributed by atoms with Crippen molar-refractivity contribution >= 4 is 26.6 Å². The van der Waals surface area contributed by atoms with Crippen molar-refractivity contribution in [1.29, 1.82) is 5.26 Å². The van der Waals surface area contributed by atoms with E-state index in [-0.39, 0.29) is 17.6 Å². The highest BCUT2D eigenvalue weighted by Crippen LogP contribution is 2.30. The van der Waals surface area contributed by atoms with E-state index in [9.17, 15) is 13.2 Å². The number of aliphatic imine (C=N–C) groups is 1. The Labute approximate surface area is 181 Å². The molecule has 4 rings (SSSR count). The predicted molar refractivity (Wildman–Crippen MR) is 118 cm³/mol. The number of amides is 1. The van der Waals surface area contributed by atoms with Crippen LogP contribution in [0.5, 0.6) is 0 Å². The highest BCUT2D eigenvalue weighted by Gasteiger charge is 2.48. The van der Waals surface area contributed by atoms with Crippen LogP contribution in [0.1, 0.15) is 11.1 Å². The van der Waals surface area contributed by atoms with Crippen LogP contribution >= 0.6 is 0 Å². The van der Waals surface area contributed by atoms with E-state index >= 15 is 0 Å². The number of nitrogens with zero attached hydrogens (tertiary/aromatic N) is 4. The topological polar surface area (TPSA) is 106 Å². The summed E-state index contributed by atoms with van der Waals surface area (Å²) in [6.07, 6.45) is 1.08. The minimum atomic E-state index is -3.56. The number of nitriles is 1. The van der Waals surface area contributed by atoms with Crippen LogP contribution in [0.3, 0.4) is 0 Å². The van der Waals surface area contributed by atoms with Crippen LogP contribution < -0.4 is 10.2 Å². The van der Waals surface area contributed by atoms with Gasteiger partial charge in [-0.25, -0.2) is 8.42 Å². The van der Waals surface area contributed by atoms with E-state index in [0.717, 1.165) is 11.9 Å².